The van der Waals surface area contributed by atoms with Gasteiger partial charge in [-0.25, -0.2) is 0 Å². The van der Waals surface area contributed by atoms with E-state index in [9.17, 15) is 14.4 Å². The van der Waals surface area contributed by atoms with Gasteiger partial charge in [-0.1, -0.05) is 272 Å². The molecule has 0 aromatic heterocycles. The van der Waals surface area contributed by atoms with Gasteiger partial charge in [0.15, 0.2) is 6.10 Å². The molecule has 0 heterocycles. The molecular weight excluding hydrogens is 949 g/mol. The van der Waals surface area contributed by atoms with Crippen molar-refractivity contribution >= 4 is 17.9 Å². The van der Waals surface area contributed by atoms with Gasteiger partial charge in [0.25, 0.3) is 0 Å². The third-order valence-corrected chi connectivity index (χ3v) is 14.0. The molecule has 0 N–H and O–H groups in total. The van der Waals surface area contributed by atoms with Crippen molar-refractivity contribution in [2.75, 3.05) is 13.2 Å². The van der Waals surface area contributed by atoms with E-state index in [4.69, 9.17) is 14.2 Å². The summed E-state index contributed by atoms with van der Waals surface area (Å²) >= 11 is 0. The quantitative estimate of drug-likeness (QED) is 0.0261. The first-order chi connectivity index (χ1) is 38.0. The Kier molecular flexibility index (Phi) is 61.8. The Morgan fingerprint density at radius 1 is 0.273 bits per heavy atom. The topological polar surface area (TPSA) is 78.9 Å². The summed E-state index contributed by atoms with van der Waals surface area (Å²) in [5.74, 6) is -0.911. The molecule has 442 valence electrons. The SMILES string of the molecule is CC/C=C\C/C=C\C/C=C\CCCCCCCC(=O)OCC(COC(=O)CCCCCCCCCCCCC/C=C\C/C=C\CCCCCCC)OC(=O)CCCCCCCC/C=C\C/C=C\C/C=C\CCCCCCC. The lowest BCUT2D eigenvalue weighted by molar-refractivity contribution is -0.167. The first-order valence-corrected chi connectivity index (χ1v) is 32.7. The summed E-state index contributed by atoms with van der Waals surface area (Å²) in [4.78, 5) is 38.4. The van der Waals surface area contributed by atoms with Gasteiger partial charge >= 0.3 is 17.9 Å². The van der Waals surface area contributed by atoms with Crippen LogP contribution < -0.4 is 0 Å². The maximum absolute atomic E-state index is 12.9. The van der Waals surface area contributed by atoms with Gasteiger partial charge in [0, 0.05) is 19.3 Å². The first kappa shape index (κ1) is 73.3. The number of hydrogen-bond donors (Lipinski definition) is 0. The Morgan fingerprint density at radius 3 is 0.792 bits per heavy atom. The Labute approximate surface area is 477 Å². The van der Waals surface area contributed by atoms with Crippen molar-refractivity contribution in [3.05, 3.63) is 97.2 Å². The average molecular weight is 1070 g/mol. The van der Waals surface area contributed by atoms with Crippen molar-refractivity contribution in [3.63, 3.8) is 0 Å². The second kappa shape index (κ2) is 64.9. The summed E-state index contributed by atoms with van der Waals surface area (Å²) in [6.07, 6.45) is 87.0. The highest BCUT2D eigenvalue weighted by Crippen LogP contribution is 2.16. The predicted molar refractivity (Wildman–Crippen MR) is 334 cm³/mol. The minimum Gasteiger partial charge on any atom is -0.462 e. The van der Waals surface area contributed by atoms with Gasteiger partial charge in [0.05, 0.1) is 0 Å². The molecule has 0 aliphatic heterocycles. The molecular formula is C71H122O6. The van der Waals surface area contributed by atoms with Gasteiger partial charge in [-0.15, -0.1) is 0 Å². The van der Waals surface area contributed by atoms with E-state index < -0.39 is 6.10 Å². The number of allylic oxidation sites excluding steroid dienone is 16. The number of unbranched alkanes of at least 4 members (excludes halogenated alkanes) is 32. The van der Waals surface area contributed by atoms with Crippen molar-refractivity contribution in [1.82, 2.24) is 0 Å². The number of carbonyl (C=O) groups excluding carboxylic acids is 3. The summed E-state index contributed by atoms with van der Waals surface area (Å²) in [6, 6.07) is 0. The summed E-state index contributed by atoms with van der Waals surface area (Å²) in [5, 5.41) is 0. The van der Waals surface area contributed by atoms with E-state index in [1.54, 1.807) is 0 Å². The van der Waals surface area contributed by atoms with Crippen molar-refractivity contribution in [1.29, 1.82) is 0 Å². The zero-order chi connectivity index (χ0) is 55.7. The highest BCUT2D eigenvalue weighted by molar-refractivity contribution is 5.71. The van der Waals surface area contributed by atoms with Crippen LogP contribution in [-0.4, -0.2) is 37.2 Å². The Hall–Kier alpha value is -3.67. The van der Waals surface area contributed by atoms with Gasteiger partial charge in [0.1, 0.15) is 13.2 Å². The van der Waals surface area contributed by atoms with Gasteiger partial charge in [0.2, 0.25) is 0 Å². The fourth-order valence-corrected chi connectivity index (χ4v) is 9.14. The number of hydrogen-bond acceptors (Lipinski definition) is 6. The molecule has 0 saturated carbocycles. The molecule has 0 bridgehead atoms. The molecule has 77 heavy (non-hydrogen) atoms. The second-order valence-corrected chi connectivity index (χ2v) is 21.6. The van der Waals surface area contributed by atoms with Crippen molar-refractivity contribution in [2.24, 2.45) is 0 Å². The summed E-state index contributed by atoms with van der Waals surface area (Å²) in [7, 11) is 0. The van der Waals surface area contributed by atoms with E-state index in [0.717, 1.165) is 128 Å². The molecule has 0 fully saturated rings. The Morgan fingerprint density at radius 2 is 0.506 bits per heavy atom. The Bertz CT molecular complexity index is 1510. The van der Waals surface area contributed by atoms with E-state index in [2.05, 4.69) is 118 Å². The van der Waals surface area contributed by atoms with Crippen molar-refractivity contribution in [2.45, 2.75) is 322 Å². The fraction of sp³-hybridized carbons (Fsp3) is 0.732. The lowest BCUT2D eigenvalue weighted by Gasteiger charge is -2.18. The molecule has 1 atom stereocenters. The van der Waals surface area contributed by atoms with Gasteiger partial charge in [-0.05, 0) is 122 Å². The van der Waals surface area contributed by atoms with Crippen LogP contribution in [0.15, 0.2) is 97.2 Å². The van der Waals surface area contributed by atoms with Crippen LogP contribution in [0, 0.1) is 0 Å². The van der Waals surface area contributed by atoms with Crippen LogP contribution in [0.2, 0.25) is 0 Å². The monoisotopic (exact) mass is 1070 g/mol. The summed E-state index contributed by atoms with van der Waals surface area (Å²) in [5.41, 5.74) is 0. The highest BCUT2D eigenvalue weighted by Gasteiger charge is 2.19. The fourth-order valence-electron chi connectivity index (χ4n) is 9.14. The molecule has 0 aliphatic rings. The van der Waals surface area contributed by atoms with E-state index >= 15 is 0 Å². The minimum atomic E-state index is -0.795. The standard InChI is InChI=1S/C71H122O6/c1-4-7-10-13-16-19-22-25-28-30-32-34-35-37-38-40-43-46-49-52-55-58-61-64-70(73)76-67-68(66-75-69(72)63-60-57-54-51-48-45-42-27-24-21-18-15-12-9-6-3)77-71(74)65-62-59-56-53-50-47-44-41-39-36-33-31-29-26-23-20-17-14-11-8-5-2/h9,12,18,21-23,25-27,30-33,39,41-42,68H,4-8,10-11,13-17,19-20,24,28-29,34-38,40,43-67H2,1-3H3/b12-9-,21-18-,25-22-,26-23-,32-30-,33-31-,41-39-,42-27-. The zero-order valence-electron chi connectivity index (χ0n) is 50.7. The van der Waals surface area contributed by atoms with Crippen molar-refractivity contribution < 1.29 is 28.6 Å². The smallest absolute Gasteiger partial charge is 0.306 e. The third-order valence-electron chi connectivity index (χ3n) is 14.0. The lowest BCUT2D eigenvalue weighted by Crippen LogP contribution is -2.30. The maximum Gasteiger partial charge on any atom is 0.306 e. The van der Waals surface area contributed by atoms with Crippen LogP contribution in [0.4, 0.5) is 0 Å². The number of ether oxygens (including phenoxy) is 3. The Balaban J connectivity index is 4.39. The molecule has 0 aliphatic carbocycles. The number of rotatable bonds is 59. The van der Waals surface area contributed by atoms with Crippen LogP contribution in [0.25, 0.3) is 0 Å². The lowest BCUT2D eigenvalue weighted by atomic mass is 10.0. The summed E-state index contributed by atoms with van der Waals surface area (Å²) in [6.45, 7) is 6.51. The van der Waals surface area contributed by atoms with E-state index in [1.165, 1.54) is 148 Å². The van der Waals surface area contributed by atoms with Crippen LogP contribution in [0.5, 0.6) is 0 Å². The molecule has 6 nitrogen and oxygen atoms in total. The second-order valence-electron chi connectivity index (χ2n) is 21.6. The number of carbonyl (C=O) groups is 3. The van der Waals surface area contributed by atoms with Crippen LogP contribution in [-0.2, 0) is 28.6 Å². The summed E-state index contributed by atoms with van der Waals surface area (Å²) < 4.78 is 16.9. The first-order valence-electron chi connectivity index (χ1n) is 32.7. The zero-order valence-corrected chi connectivity index (χ0v) is 50.7. The van der Waals surface area contributed by atoms with Gasteiger partial charge < -0.3 is 14.2 Å². The molecule has 0 saturated heterocycles. The molecule has 6 heteroatoms. The third kappa shape index (κ3) is 63.0. The molecule has 0 spiro atoms. The molecule has 0 aromatic carbocycles. The van der Waals surface area contributed by atoms with Crippen LogP contribution in [0.3, 0.4) is 0 Å². The van der Waals surface area contributed by atoms with Crippen LogP contribution >= 0.6 is 0 Å². The van der Waals surface area contributed by atoms with Gasteiger partial charge in [-0.2, -0.15) is 0 Å². The molecule has 0 aromatic rings. The van der Waals surface area contributed by atoms with E-state index in [-0.39, 0.29) is 31.1 Å². The average Bonchev–Trinajstić information content (AvgIpc) is 3.43. The maximum atomic E-state index is 12.9. The van der Waals surface area contributed by atoms with Crippen molar-refractivity contribution in [3.8, 4) is 0 Å². The van der Waals surface area contributed by atoms with E-state index in [1.807, 2.05) is 0 Å². The molecule has 0 rings (SSSR count). The van der Waals surface area contributed by atoms with Gasteiger partial charge in [-0.3, -0.25) is 14.4 Å². The van der Waals surface area contributed by atoms with E-state index in [0.29, 0.717) is 19.3 Å². The molecule has 1 unspecified atom stereocenters. The predicted octanol–water partition coefficient (Wildman–Crippen LogP) is 22.4. The highest BCUT2D eigenvalue weighted by atomic mass is 16.6. The molecule has 0 amide bonds. The minimum absolute atomic E-state index is 0.0894. The molecule has 0 radical (unpaired) electrons. The number of esters is 3. The van der Waals surface area contributed by atoms with Crippen LogP contribution in [0.1, 0.15) is 316 Å². The normalized spacial score (nSPS) is 12.7. The largest absolute Gasteiger partial charge is 0.462 e.